The van der Waals surface area contributed by atoms with Gasteiger partial charge in [0, 0.05) is 5.38 Å². The first kappa shape index (κ1) is 8.70. The van der Waals surface area contributed by atoms with Crippen molar-refractivity contribution in [1.82, 2.24) is 9.97 Å². The van der Waals surface area contributed by atoms with Crippen LogP contribution in [-0.4, -0.2) is 21.0 Å². The van der Waals surface area contributed by atoms with E-state index >= 15 is 0 Å². The lowest BCUT2D eigenvalue weighted by Gasteiger charge is -1.95. The van der Waals surface area contributed by atoms with Crippen molar-refractivity contribution in [2.24, 2.45) is 0 Å². The Hall–Kier alpha value is -1.89. The summed E-state index contributed by atoms with van der Waals surface area (Å²) in [5.41, 5.74) is 4.97. The third kappa shape index (κ3) is 1.14. The number of thiophene rings is 1. The number of fused-ring (bicyclic) bond motifs is 1. The molecule has 0 fully saturated rings. The molecule has 0 bridgehead atoms. The van der Waals surface area contributed by atoms with Crippen LogP contribution >= 0.6 is 11.3 Å². The summed E-state index contributed by atoms with van der Waals surface area (Å²) in [4.78, 5) is 27.8. The van der Waals surface area contributed by atoms with Crippen LogP contribution < -0.4 is 11.4 Å². The van der Waals surface area contributed by atoms with Gasteiger partial charge in [0.15, 0.2) is 0 Å². The molecule has 6 nitrogen and oxygen atoms in total. The highest BCUT2D eigenvalue weighted by molar-refractivity contribution is 7.17. The molecule has 0 aromatic carbocycles. The van der Waals surface area contributed by atoms with Crippen molar-refractivity contribution >= 4 is 33.3 Å². The van der Waals surface area contributed by atoms with Gasteiger partial charge in [0.05, 0.1) is 10.9 Å². The van der Waals surface area contributed by atoms with Gasteiger partial charge in [0.2, 0.25) is 0 Å². The highest BCUT2D eigenvalue weighted by Crippen LogP contribution is 2.26. The molecule has 0 aliphatic carbocycles. The molecule has 14 heavy (non-hydrogen) atoms. The number of aromatic carboxylic acids is 1. The number of aromatic nitrogens is 2. The average molecular weight is 211 g/mol. The second-order valence-corrected chi connectivity index (χ2v) is 3.45. The molecule has 2 rings (SSSR count). The molecule has 2 aromatic rings. The van der Waals surface area contributed by atoms with Crippen molar-refractivity contribution in [2.45, 2.75) is 0 Å². The average Bonchev–Trinajstić information content (AvgIpc) is 2.47. The van der Waals surface area contributed by atoms with E-state index in [4.69, 9.17) is 10.8 Å². The Labute approximate surface area is 81.0 Å². The molecule has 2 aromatic heterocycles. The highest BCUT2D eigenvalue weighted by Gasteiger charge is 2.14. The smallest absolute Gasteiger partial charge is 0.347 e. The molecule has 0 saturated heterocycles. The van der Waals surface area contributed by atoms with Crippen LogP contribution in [0.25, 0.3) is 10.2 Å². The van der Waals surface area contributed by atoms with Gasteiger partial charge in [0.1, 0.15) is 10.6 Å². The number of hydrogen-bond acceptors (Lipinski definition) is 5. The molecule has 0 spiro atoms. The standard InChI is InChI=1S/C7H5N3O3S/c8-4-3-2(6(11)12)1-14-5(3)10-7(13)9-4/h1H,(H,11,12)(H3,8,9,10,13). The summed E-state index contributed by atoms with van der Waals surface area (Å²) in [6.07, 6.45) is 0. The molecular formula is C7H5N3O3S. The summed E-state index contributed by atoms with van der Waals surface area (Å²) in [5.74, 6) is -1.05. The molecule has 7 heteroatoms. The number of hydrogen-bond donors (Lipinski definition) is 3. The van der Waals surface area contributed by atoms with E-state index in [2.05, 4.69) is 9.97 Å². The zero-order chi connectivity index (χ0) is 10.3. The zero-order valence-electron chi connectivity index (χ0n) is 6.77. The molecule has 0 atom stereocenters. The van der Waals surface area contributed by atoms with Crippen LogP contribution in [0.2, 0.25) is 0 Å². The summed E-state index contributed by atoms with van der Waals surface area (Å²) in [7, 11) is 0. The van der Waals surface area contributed by atoms with Crippen LogP contribution in [-0.2, 0) is 0 Å². The molecular weight excluding hydrogens is 206 g/mol. The molecule has 0 radical (unpaired) electrons. The number of H-pyrrole nitrogens is 1. The Kier molecular flexibility index (Phi) is 1.74. The summed E-state index contributed by atoms with van der Waals surface area (Å²) in [5, 5.41) is 10.5. The number of carboxylic acid groups (broad SMARTS) is 1. The molecule has 72 valence electrons. The lowest BCUT2D eigenvalue weighted by atomic mass is 10.2. The Balaban J connectivity index is 2.92. The van der Waals surface area contributed by atoms with E-state index in [0.717, 1.165) is 11.3 Å². The summed E-state index contributed by atoms with van der Waals surface area (Å²) >= 11 is 1.08. The molecule has 4 N–H and O–H groups in total. The van der Waals surface area contributed by atoms with E-state index in [9.17, 15) is 9.59 Å². The van der Waals surface area contributed by atoms with Crippen molar-refractivity contribution in [3.63, 3.8) is 0 Å². The first-order valence-electron chi connectivity index (χ1n) is 3.60. The van der Waals surface area contributed by atoms with Crippen LogP contribution in [0.1, 0.15) is 10.4 Å². The second kappa shape index (κ2) is 2.81. The van der Waals surface area contributed by atoms with Crippen molar-refractivity contribution in [2.75, 3.05) is 5.73 Å². The molecule has 0 amide bonds. The van der Waals surface area contributed by atoms with Gasteiger partial charge in [0.25, 0.3) is 0 Å². The maximum atomic E-state index is 10.9. The van der Waals surface area contributed by atoms with Crippen LogP contribution in [0, 0.1) is 0 Å². The predicted molar refractivity (Wildman–Crippen MR) is 51.6 cm³/mol. The van der Waals surface area contributed by atoms with Gasteiger partial charge in [-0.25, -0.2) is 9.59 Å². The van der Waals surface area contributed by atoms with Crippen LogP contribution in [0.3, 0.4) is 0 Å². The van der Waals surface area contributed by atoms with Gasteiger partial charge in [-0.15, -0.1) is 11.3 Å². The molecule has 0 saturated carbocycles. The van der Waals surface area contributed by atoms with Crippen molar-refractivity contribution in [3.8, 4) is 0 Å². The third-order valence-corrected chi connectivity index (χ3v) is 2.59. The molecule has 0 unspecified atom stereocenters. The van der Waals surface area contributed by atoms with Gasteiger partial charge in [-0.3, -0.25) is 4.98 Å². The van der Waals surface area contributed by atoms with E-state index in [1.807, 2.05) is 0 Å². The predicted octanol–water partition coefficient (Wildman–Crippen LogP) is 0.265. The van der Waals surface area contributed by atoms with Crippen molar-refractivity contribution in [3.05, 3.63) is 21.4 Å². The zero-order valence-corrected chi connectivity index (χ0v) is 7.59. The fraction of sp³-hybridized carbons (Fsp3) is 0. The minimum Gasteiger partial charge on any atom is -0.478 e. The SMILES string of the molecule is Nc1[nH]c(=O)nc2scc(C(=O)O)c12. The number of nitrogen functional groups attached to an aromatic ring is 1. The van der Waals surface area contributed by atoms with Gasteiger partial charge in [-0.2, -0.15) is 4.98 Å². The number of carbonyl (C=O) groups is 1. The van der Waals surface area contributed by atoms with E-state index in [1.54, 1.807) is 0 Å². The number of rotatable bonds is 1. The molecule has 2 heterocycles. The normalized spacial score (nSPS) is 10.6. The second-order valence-electron chi connectivity index (χ2n) is 2.59. The Morgan fingerprint density at radius 2 is 2.36 bits per heavy atom. The van der Waals surface area contributed by atoms with Crippen LogP contribution in [0.4, 0.5) is 5.82 Å². The number of anilines is 1. The topological polar surface area (TPSA) is 109 Å². The van der Waals surface area contributed by atoms with Crippen molar-refractivity contribution < 1.29 is 9.90 Å². The lowest BCUT2D eigenvalue weighted by molar-refractivity contribution is 0.0699. The number of nitrogens with two attached hydrogens (primary N) is 1. The number of carboxylic acids is 1. The molecule has 0 aliphatic rings. The van der Waals surface area contributed by atoms with Gasteiger partial charge in [-0.05, 0) is 0 Å². The lowest BCUT2D eigenvalue weighted by Crippen LogP contribution is -2.12. The quantitative estimate of drug-likeness (QED) is 0.627. The largest absolute Gasteiger partial charge is 0.478 e. The fourth-order valence-corrected chi connectivity index (χ4v) is 2.07. The summed E-state index contributed by atoms with van der Waals surface area (Å²) in [6.45, 7) is 0. The van der Waals surface area contributed by atoms with Gasteiger partial charge in [-0.1, -0.05) is 0 Å². The van der Waals surface area contributed by atoms with Gasteiger partial charge < -0.3 is 10.8 Å². The third-order valence-electron chi connectivity index (χ3n) is 1.72. The van der Waals surface area contributed by atoms with E-state index < -0.39 is 11.7 Å². The maximum Gasteiger partial charge on any atom is 0.347 e. The first-order chi connectivity index (χ1) is 6.59. The Morgan fingerprint density at radius 1 is 1.64 bits per heavy atom. The monoisotopic (exact) mass is 211 g/mol. The Bertz CT molecular complexity index is 571. The minimum absolute atomic E-state index is 0.0404. The number of aromatic amines is 1. The maximum absolute atomic E-state index is 10.9. The van der Waals surface area contributed by atoms with Gasteiger partial charge >= 0.3 is 11.7 Å². The fourth-order valence-electron chi connectivity index (χ4n) is 1.15. The van der Waals surface area contributed by atoms with Crippen LogP contribution in [0.5, 0.6) is 0 Å². The van der Waals surface area contributed by atoms with Crippen LogP contribution in [0.15, 0.2) is 10.2 Å². The molecule has 0 aliphatic heterocycles. The number of nitrogens with zero attached hydrogens (tertiary/aromatic N) is 1. The first-order valence-corrected chi connectivity index (χ1v) is 4.48. The van der Waals surface area contributed by atoms with E-state index in [1.165, 1.54) is 5.38 Å². The number of nitrogens with one attached hydrogen (secondary N) is 1. The highest BCUT2D eigenvalue weighted by atomic mass is 32.1. The minimum atomic E-state index is -1.09. The summed E-state index contributed by atoms with van der Waals surface area (Å²) in [6, 6.07) is 0. The van der Waals surface area contributed by atoms with Crippen molar-refractivity contribution in [1.29, 1.82) is 0 Å². The van der Waals surface area contributed by atoms with E-state index in [0.29, 0.717) is 10.2 Å². The summed E-state index contributed by atoms with van der Waals surface area (Å²) < 4.78 is 0. The van der Waals surface area contributed by atoms with E-state index in [-0.39, 0.29) is 11.4 Å². The Morgan fingerprint density at radius 3 is 3.00 bits per heavy atom.